The fourth-order valence-corrected chi connectivity index (χ4v) is 2.82. The molecule has 0 radical (unpaired) electrons. The summed E-state index contributed by atoms with van der Waals surface area (Å²) >= 11 is 0. The van der Waals surface area contributed by atoms with Gasteiger partial charge < -0.3 is 5.32 Å². The lowest BCUT2D eigenvalue weighted by Crippen LogP contribution is -2.31. The second-order valence-corrected chi connectivity index (χ2v) is 6.16. The SMILES string of the molecule is CC(C)n1cc2ccc([C@H]3CC[C@H](C)CN3)cc2n1. The van der Waals surface area contributed by atoms with Crippen molar-refractivity contribution in [3.8, 4) is 0 Å². The third kappa shape index (κ3) is 2.52. The average Bonchev–Trinajstić information content (AvgIpc) is 2.82. The summed E-state index contributed by atoms with van der Waals surface area (Å²) < 4.78 is 2.05. The molecular formula is C16H23N3. The Morgan fingerprint density at radius 1 is 1.32 bits per heavy atom. The Labute approximate surface area is 115 Å². The number of piperidine rings is 1. The molecule has 2 aromatic rings. The van der Waals surface area contributed by atoms with E-state index in [1.807, 2.05) is 4.68 Å². The third-order valence-electron chi connectivity index (χ3n) is 4.14. The van der Waals surface area contributed by atoms with Crippen LogP contribution in [0, 0.1) is 5.92 Å². The lowest BCUT2D eigenvalue weighted by atomic mass is 9.92. The lowest BCUT2D eigenvalue weighted by molar-refractivity contribution is 0.333. The molecule has 1 aromatic carbocycles. The Balaban J connectivity index is 1.88. The number of fused-ring (bicyclic) bond motifs is 1. The zero-order valence-electron chi connectivity index (χ0n) is 12.1. The number of benzene rings is 1. The summed E-state index contributed by atoms with van der Waals surface area (Å²) in [5, 5.41) is 9.55. The molecule has 0 amide bonds. The first-order valence-electron chi connectivity index (χ1n) is 7.35. The van der Waals surface area contributed by atoms with Crippen LogP contribution in [0.2, 0.25) is 0 Å². The van der Waals surface area contributed by atoms with E-state index in [0.29, 0.717) is 12.1 Å². The predicted octanol–water partition coefficient (Wildman–Crippen LogP) is 3.68. The zero-order valence-corrected chi connectivity index (χ0v) is 12.1. The summed E-state index contributed by atoms with van der Waals surface area (Å²) in [5.74, 6) is 0.806. The van der Waals surface area contributed by atoms with Crippen molar-refractivity contribution in [2.45, 2.75) is 45.7 Å². The Hall–Kier alpha value is -1.35. The number of nitrogens with one attached hydrogen (secondary N) is 1. The van der Waals surface area contributed by atoms with Gasteiger partial charge in [-0.15, -0.1) is 0 Å². The van der Waals surface area contributed by atoms with E-state index in [1.54, 1.807) is 0 Å². The highest BCUT2D eigenvalue weighted by Gasteiger charge is 2.19. The Morgan fingerprint density at radius 3 is 2.84 bits per heavy atom. The highest BCUT2D eigenvalue weighted by Crippen LogP contribution is 2.27. The molecule has 3 heteroatoms. The topological polar surface area (TPSA) is 29.9 Å². The molecule has 0 spiro atoms. The Kier molecular flexibility index (Phi) is 3.31. The van der Waals surface area contributed by atoms with Gasteiger partial charge in [-0.2, -0.15) is 5.10 Å². The van der Waals surface area contributed by atoms with Gasteiger partial charge in [0, 0.05) is 23.7 Å². The van der Waals surface area contributed by atoms with E-state index in [0.717, 1.165) is 18.0 Å². The van der Waals surface area contributed by atoms with E-state index in [-0.39, 0.29) is 0 Å². The van der Waals surface area contributed by atoms with E-state index in [1.165, 1.54) is 23.8 Å². The summed E-state index contributed by atoms with van der Waals surface area (Å²) in [6.45, 7) is 7.77. The summed E-state index contributed by atoms with van der Waals surface area (Å²) in [4.78, 5) is 0. The van der Waals surface area contributed by atoms with Crippen molar-refractivity contribution in [3.05, 3.63) is 30.0 Å². The maximum atomic E-state index is 4.67. The third-order valence-corrected chi connectivity index (χ3v) is 4.14. The molecule has 3 nitrogen and oxygen atoms in total. The van der Waals surface area contributed by atoms with Gasteiger partial charge in [0.1, 0.15) is 0 Å². The molecule has 1 fully saturated rings. The van der Waals surface area contributed by atoms with Crippen LogP contribution in [0.15, 0.2) is 24.4 Å². The first-order chi connectivity index (χ1) is 9.13. The summed E-state index contributed by atoms with van der Waals surface area (Å²) in [6, 6.07) is 7.63. The van der Waals surface area contributed by atoms with E-state index < -0.39 is 0 Å². The maximum absolute atomic E-state index is 4.67. The van der Waals surface area contributed by atoms with Crippen LogP contribution in [0.3, 0.4) is 0 Å². The number of rotatable bonds is 2. The molecule has 1 saturated heterocycles. The molecule has 0 aliphatic carbocycles. The van der Waals surface area contributed by atoms with E-state index in [9.17, 15) is 0 Å². The average molecular weight is 257 g/mol. The quantitative estimate of drug-likeness (QED) is 0.889. The summed E-state index contributed by atoms with van der Waals surface area (Å²) in [7, 11) is 0. The van der Waals surface area contributed by atoms with E-state index in [2.05, 4.69) is 55.6 Å². The van der Waals surface area contributed by atoms with Crippen LogP contribution >= 0.6 is 0 Å². The zero-order chi connectivity index (χ0) is 13.4. The molecule has 0 unspecified atom stereocenters. The van der Waals surface area contributed by atoms with Gasteiger partial charge in [-0.1, -0.05) is 19.1 Å². The largest absolute Gasteiger partial charge is 0.310 e. The van der Waals surface area contributed by atoms with Gasteiger partial charge in [0.05, 0.1) is 5.52 Å². The van der Waals surface area contributed by atoms with Gasteiger partial charge in [0.2, 0.25) is 0 Å². The van der Waals surface area contributed by atoms with Crippen LogP contribution in [0.1, 0.15) is 51.3 Å². The maximum Gasteiger partial charge on any atom is 0.0926 e. The van der Waals surface area contributed by atoms with Gasteiger partial charge in [0.25, 0.3) is 0 Å². The van der Waals surface area contributed by atoms with Gasteiger partial charge in [-0.25, -0.2) is 0 Å². The fourth-order valence-electron chi connectivity index (χ4n) is 2.82. The van der Waals surface area contributed by atoms with Gasteiger partial charge in [-0.3, -0.25) is 4.68 Å². The van der Waals surface area contributed by atoms with E-state index in [4.69, 9.17) is 0 Å². The molecule has 1 N–H and O–H groups in total. The van der Waals surface area contributed by atoms with Gasteiger partial charge in [0.15, 0.2) is 0 Å². The predicted molar refractivity (Wildman–Crippen MR) is 79.3 cm³/mol. The molecule has 1 aliphatic rings. The van der Waals surface area contributed by atoms with Crippen LogP contribution in [0.4, 0.5) is 0 Å². The monoisotopic (exact) mass is 257 g/mol. The number of hydrogen-bond donors (Lipinski definition) is 1. The molecule has 1 aliphatic heterocycles. The van der Waals surface area contributed by atoms with Crippen LogP contribution in [0.5, 0.6) is 0 Å². The molecule has 19 heavy (non-hydrogen) atoms. The highest BCUT2D eigenvalue weighted by molar-refractivity contribution is 5.78. The minimum absolute atomic E-state index is 0.421. The first-order valence-corrected chi connectivity index (χ1v) is 7.35. The van der Waals surface area contributed by atoms with Crippen molar-refractivity contribution >= 4 is 10.9 Å². The van der Waals surface area contributed by atoms with Gasteiger partial charge >= 0.3 is 0 Å². The van der Waals surface area contributed by atoms with Crippen molar-refractivity contribution in [2.75, 3.05) is 6.54 Å². The van der Waals surface area contributed by atoms with Crippen LogP contribution in [0.25, 0.3) is 10.9 Å². The fraction of sp³-hybridized carbons (Fsp3) is 0.562. The number of aromatic nitrogens is 2. The normalized spacial score (nSPS) is 24.2. The van der Waals surface area contributed by atoms with Gasteiger partial charge in [-0.05, 0) is 50.8 Å². The molecule has 0 saturated carbocycles. The Bertz CT molecular complexity index is 562. The minimum Gasteiger partial charge on any atom is -0.310 e. The van der Waals surface area contributed by atoms with Crippen molar-refractivity contribution in [2.24, 2.45) is 5.92 Å². The number of hydrogen-bond acceptors (Lipinski definition) is 2. The Morgan fingerprint density at radius 2 is 2.16 bits per heavy atom. The molecule has 0 bridgehead atoms. The summed E-state index contributed by atoms with van der Waals surface area (Å²) in [5.41, 5.74) is 2.50. The molecular weight excluding hydrogens is 234 g/mol. The molecule has 3 rings (SSSR count). The minimum atomic E-state index is 0.421. The molecule has 1 aromatic heterocycles. The molecule has 2 atom stereocenters. The summed E-state index contributed by atoms with van der Waals surface area (Å²) in [6.07, 6.45) is 4.69. The first kappa shape index (κ1) is 12.7. The molecule has 2 heterocycles. The number of nitrogens with zero attached hydrogens (tertiary/aromatic N) is 2. The van der Waals surface area contributed by atoms with Crippen molar-refractivity contribution in [3.63, 3.8) is 0 Å². The highest BCUT2D eigenvalue weighted by atomic mass is 15.3. The second-order valence-electron chi connectivity index (χ2n) is 6.16. The molecule has 102 valence electrons. The smallest absolute Gasteiger partial charge is 0.0926 e. The second kappa shape index (κ2) is 4.97. The van der Waals surface area contributed by atoms with E-state index >= 15 is 0 Å². The van der Waals surface area contributed by atoms with Crippen LogP contribution in [-0.2, 0) is 0 Å². The van der Waals surface area contributed by atoms with Crippen molar-refractivity contribution in [1.29, 1.82) is 0 Å². The van der Waals surface area contributed by atoms with Crippen LogP contribution < -0.4 is 5.32 Å². The standard InChI is InChI=1S/C16H23N3/c1-11(2)19-10-14-6-5-13(8-16(14)18-19)15-7-4-12(3)9-17-15/h5-6,8,10-12,15,17H,4,7,9H2,1-3H3/t12-,15+/m0/s1. The van der Waals surface area contributed by atoms with Crippen molar-refractivity contribution in [1.82, 2.24) is 15.1 Å². The van der Waals surface area contributed by atoms with Crippen molar-refractivity contribution < 1.29 is 0 Å². The lowest BCUT2D eigenvalue weighted by Gasteiger charge is -2.28. The van der Waals surface area contributed by atoms with Crippen LogP contribution in [-0.4, -0.2) is 16.3 Å².